The third-order valence-corrected chi connectivity index (χ3v) is 4.34. The molecule has 0 aliphatic carbocycles. The van der Waals surface area contributed by atoms with Crippen LogP contribution in [0.1, 0.15) is 0 Å². The minimum Gasteiger partial charge on any atom is -0.497 e. The van der Waals surface area contributed by atoms with E-state index in [4.69, 9.17) is 9.47 Å². The van der Waals surface area contributed by atoms with Crippen molar-refractivity contribution in [3.63, 3.8) is 0 Å². The van der Waals surface area contributed by atoms with Crippen LogP contribution in [0.15, 0.2) is 48.5 Å². The van der Waals surface area contributed by atoms with Gasteiger partial charge in [0.25, 0.3) is 0 Å². The van der Waals surface area contributed by atoms with Crippen molar-refractivity contribution >= 4 is 29.2 Å². The molecule has 2 heterocycles. The van der Waals surface area contributed by atoms with Crippen LogP contribution in [0.2, 0.25) is 0 Å². The molecule has 1 aliphatic heterocycles. The number of halogens is 1. The molecule has 0 saturated carbocycles. The smallest absolute Gasteiger partial charge is 0.233 e. The summed E-state index contributed by atoms with van der Waals surface area (Å²) in [5, 5.41) is 6.30. The van der Waals surface area contributed by atoms with Gasteiger partial charge in [-0.05, 0) is 36.4 Å². The Morgan fingerprint density at radius 3 is 2.31 bits per heavy atom. The lowest BCUT2D eigenvalue weighted by Gasteiger charge is -2.27. The van der Waals surface area contributed by atoms with Gasteiger partial charge in [-0.2, -0.15) is 15.0 Å². The van der Waals surface area contributed by atoms with Crippen molar-refractivity contribution in [3.05, 3.63) is 54.3 Å². The number of nitrogens with zero attached hydrogens (tertiary/aromatic N) is 4. The monoisotopic (exact) mass is 396 g/mol. The highest BCUT2D eigenvalue weighted by atomic mass is 19.1. The molecule has 0 radical (unpaired) electrons. The Hall–Kier alpha value is -3.46. The van der Waals surface area contributed by atoms with E-state index in [-0.39, 0.29) is 5.82 Å². The summed E-state index contributed by atoms with van der Waals surface area (Å²) in [5.41, 5.74) is 1.47. The molecule has 0 amide bonds. The van der Waals surface area contributed by atoms with Gasteiger partial charge in [0, 0.05) is 30.5 Å². The van der Waals surface area contributed by atoms with Crippen molar-refractivity contribution in [3.8, 4) is 5.75 Å². The maximum Gasteiger partial charge on any atom is 0.233 e. The average molecular weight is 396 g/mol. The van der Waals surface area contributed by atoms with Crippen molar-refractivity contribution < 1.29 is 13.9 Å². The maximum atomic E-state index is 13.2. The van der Waals surface area contributed by atoms with Gasteiger partial charge in [-0.1, -0.05) is 6.07 Å². The number of benzene rings is 2. The van der Waals surface area contributed by atoms with E-state index in [0.717, 1.165) is 11.4 Å². The lowest BCUT2D eigenvalue weighted by molar-refractivity contribution is 0.122. The second-order valence-corrected chi connectivity index (χ2v) is 6.37. The largest absolute Gasteiger partial charge is 0.497 e. The normalized spacial score (nSPS) is 13.8. The van der Waals surface area contributed by atoms with E-state index < -0.39 is 0 Å². The SMILES string of the molecule is COc1cccc(Nc2nc(Nc3ccc(F)cc3)nc(N3CCOCC3)n2)c1. The van der Waals surface area contributed by atoms with Gasteiger partial charge in [0.2, 0.25) is 17.8 Å². The van der Waals surface area contributed by atoms with Crippen molar-refractivity contribution in [2.24, 2.45) is 0 Å². The summed E-state index contributed by atoms with van der Waals surface area (Å²) in [4.78, 5) is 15.6. The van der Waals surface area contributed by atoms with E-state index >= 15 is 0 Å². The second kappa shape index (κ2) is 8.70. The molecule has 0 unspecified atom stereocenters. The van der Waals surface area contributed by atoms with E-state index in [9.17, 15) is 4.39 Å². The predicted octanol–water partition coefficient (Wildman–Crippen LogP) is 3.34. The molecule has 29 heavy (non-hydrogen) atoms. The number of hydrogen-bond acceptors (Lipinski definition) is 8. The van der Waals surface area contributed by atoms with E-state index in [1.54, 1.807) is 19.2 Å². The quantitative estimate of drug-likeness (QED) is 0.656. The Bertz CT molecular complexity index is 963. The highest BCUT2D eigenvalue weighted by Gasteiger charge is 2.17. The number of rotatable bonds is 6. The van der Waals surface area contributed by atoms with Crippen LogP contribution in [0.25, 0.3) is 0 Å². The number of aromatic nitrogens is 3. The van der Waals surface area contributed by atoms with Crippen LogP contribution in [0.4, 0.5) is 33.6 Å². The van der Waals surface area contributed by atoms with Crippen LogP contribution in [0, 0.1) is 5.82 Å². The molecule has 3 aromatic rings. The molecule has 1 aliphatic rings. The average Bonchev–Trinajstić information content (AvgIpc) is 2.76. The Morgan fingerprint density at radius 2 is 1.62 bits per heavy atom. The zero-order chi connectivity index (χ0) is 20.1. The molecule has 0 spiro atoms. The fourth-order valence-corrected chi connectivity index (χ4v) is 2.87. The van der Waals surface area contributed by atoms with Gasteiger partial charge in [0.1, 0.15) is 11.6 Å². The highest BCUT2D eigenvalue weighted by molar-refractivity contribution is 5.60. The molecular weight excluding hydrogens is 375 g/mol. The van der Waals surface area contributed by atoms with Crippen LogP contribution >= 0.6 is 0 Å². The summed E-state index contributed by atoms with van der Waals surface area (Å²) in [5.74, 6) is 1.71. The van der Waals surface area contributed by atoms with Crippen molar-refractivity contribution in [1.29, 1.82) is 0 Å². The van der Waals surface area contributed by atoms with Crippen LogP contribution in [-0.2, 0) is 4.74 Å². The molecule has 2 aromatic carbocycles. The minimum absolute atomic E-state index is 0.305. The van der Waals surface area contributed by atoms with Crippen molar-refractivity contribution in [2.75, 3.05) is 48.9 Å². The Morgan fingerprint density at radius 1 is 0.931 bits per heavy atom. The van der Waals surface area contributed by atoms with Crippen molar-refractivity contribution in [2.45, 2.75) is 0 Å². The van der Waals surface area contributed by atoms with Gasteiger partial charge < -0.3 is 25.0 Å². The lowest BCUT2D eigenvalue weighted by Crippen LogP contribution is -2.37. The van der Waals surface area contributed by atoms with Gasteiger partial charge >= 0.3 is 0 Å². The number of ether oxygens (including phenoxy) is 2. The minimum atomic E-state index is -0.305. The summed E-state index contributed by atoms with van der Waals surface area (Å²) in [7, 11) is 1.61. The maximum absolute atomic E-state index is 13.2. The van der Waals surface area contributed by atoms with Crippen LogP contribution in [-0.4, -0.2) is 48.4 Å². The Balaban J connectivity index is 1.64. The topological polar surface area (TPSA) is 84.4 Å². The highest BCUT2D eigenvalue weighted by Crippen LogP contribution is 2.23. The molecule has 2 N–H and O–H groups in total. The molecular formula is C20H21FN6O2. The molecule has 0 atom stereocenters. The number of methoxy groups -OCH3 is 1. The first-order chi connectivity index (χ1) is 14.2. The predicted molar refractivity (Wildman–Crippen MR) is 109 cm³/mol. The van der Waals surface area contributed by atoms with E-state index in [2.05, 4.69) is 25.6 Å². The third kappa shape index (κ3) is 4.88. The fraction of sp³-hybridized carbons (Fsp3) is 0.250. The van der Waals surface area contributed by atoms with Crippen LogP contribution < -0.4 is 20.3 Å². The summed E-state index contributed by atoms with van der Waals surface area (Å²) in [6, 6.07) is 13.5. The summed E-state index contributed by atoms with van der Waals surface area (Å²) in [6.45, 7) is 2.62. The Labute approximate surface area is 167 Å². The molecule has 0 bridgehead atoms. The molecule has 8 nitrogen and oxygen atoms in total. The molecule has 9 heteroatoms. The summed E-state index contributed by atoms with van der Waals surface area (Å²) in [6.07, 6.45) is 0. The number of anilines is 5. The van der Waals surface area contributed by atoms with Gasteiger partial charge in [-0.15, -0.1) is 0 Å². The van der Waals surface area contributed by atoms with Gasteiger partial charge in [0.05, 0.1) is 20.3 Å². The number of nitrogens with one attached hydrogen (secondary N) is 2. The first kappa shape index (κ1) is 18.9. The zero-order valence-corrected chi connectivity index (χ0v) is 15.9. The molecule has 1 aromatic heterocycles. The van der Waals surface area contributed by atoms with E-state index in [1.807, 2.05) is 29.2 Å². The van der Waals surface area contributed by atoms with Gasteiger partial charge in [-0.25, -0.2) is 4.39 Å². The Kier molecular flexibility index (Phi) is 5.66. The molecule has 1 saturated heterocycles. The second-order valence-electron chi connectivity index (χ2n) is 6.37. The van der Waals surface area contributed by atoms with Gasteiger partial charge in [-0.3, -0.25) is 0 Å². The lowest BCUT2D eigenvalue weighted by atomic mass is 10.3. The first-order valence-electron chi connectivity index (χ1n) is 9.22. The van der Waals surface area contributed by atoms with E-state index in [1.165, 1.54) is 12.1 Å². The molecule has 150 valence electrons. The number of hydrogen-bond donors (Lipinski definition) is 2. The molecule has 1 fully saturated rings. The van der Waals surface area contributed by atoms with Crippen LogP contribution in [0.3, 0.4) is 0 Å². The number of morpholine rings is 1. The first-order valence-corrected chi connectivity index (χ1v) is 9.22. The fourth-order valence-electron chi connectivity index (χ4n) is 2.87. The zero-order valence-electron chi connectivity index (χ0n) is 15.9. The standard InChI is InChI=1S/C20H21FN6O2/c1-28-17-4-2-3-16(13-17)23-19-24-18(22-15-7-5-14(21)6-8-15)25-20(26-19)27-9-11-29-12-10-27/h2-8,13H,9-12H2,1H3,(H2,22,23,24,25,26). The van der Waals surface area contributed by atoms with Gasteiger partial charge in [0.15, 0.2) is 0 Å². The molecule has 4 rings (SSSR count). The third-order valence-electron chi connectivity index (χ3n) is 4.34. The van der Waals surface area contributed by atoms with Crippen molar-refractivity contribution in [1.82, 2.24) is 15.0 Å². The van der Waals surface area contributed by atoms with Crippen LogP contribution in [0.5, 0.6) is 5.75 Å². The van der Waals surface area contributed by atoms with E-state index in [0.29, 0.717) is 49.8 Å². The summed E-state index contributed by atoms with van der Waals surface area (Å²) >= 11 is 0. The summed E-state index contributed by atoms with van der Waals surface area (Å²) < 4.78 is 23.9.